The fourth-order valence-electron chi connectivity index (χ4n) is 3.86. The Labute approximate surface area is 122 Å². The van der Waals surface area contributed by atoms with Gasteiger partial charge in [0, 0.05) is 12.5 Å². The molecule has 2 aliphatic rings. The van der Waals surface area contributed by atoms with Gasteiger partial charge in [0.15, 0.2) is 0 Å². The molecule has 108 valence electrons. The summed E-state index contributed by atoms with van der Waals surface area (Å²) < 4.78 is 0. The van der Waals surface area contributed by atoms with E-state index in [0.29, 0.717) is 23.7 Å². The second-order valence-electron chi connectivity index (χ2n) is 6.38. The van der Waals surface area contributed by atoms with E-state index in [9.17, 15) is 4.79 Å². The van der Waals surface area contributed by atoms with Gasteiger partial charge in [-0.1, -0.05) is 51.0 Å². The van der Waals surface area contributed by atoms with Crippen LogP contribution in [0.15, 0.2) is 24.3 Å². The number of amides is 1. The van der Waals surface area contributed by atoms with E-state index in [4.69, 9.17) is 0 Å². The molecule has 0 bridgehead atoms. The molecule has 0 aromatic heterocycles. The first-order valence-electron chi connectivity index (χ1n) is 8.11. The van der Waals surface area contributed by atoms with Crippen molar-refractivity contribution in [3.63, 3.8) is 0 Å². The smallest absolute Gasteiger partial charge is 0.224 e. The van der Waals surface area contributed by atoms with E-state index in [1.807, 2.05) is 0 Å². The Morgan fingerprint density at radius 3 is 2.80 bits per heavy atom. The quantitative estimate of drug-likeness (QED) is 0.872. The summed E-state index contributed by atoms with van der Waals surface area (Å²) in [7, 11) is 0. The standard InChI is InChI=1S/C18H25NO/c1-3-12(4-2)11-19-18(20)17-15-10-9-13-7-5-6-8-14(13)16(15)17/h5-8,12,15-17H,3-4,9-11H2,1-2H3,(H,19,20). The summed E-state index contributed by atoms with van der Waals surface area (Å²) in [5, 5.41) is 3.19. The van der Waals surface area contributed by atoms with Crippen molar-refractivity contribution in [2.75, 3.05) is 6.54 Å². The first kappa shape index (κ1) is 13.7. The van der Waals surface area contributed by atoms with Crippen LogP contribution in [-0.2, 0) is 11.2 Å². The van der Waals surface area contributed by atoms with Gasteiger partial charge in [0.25, 0.3) is 0 Å². The number of hydrogen-bond acceptors (Lipinski definition) is 1. The summed E-state index contributed by atoms with van der Waals surface area (Å²) >= 11 is 0. The molecule has 3 atom stereocenters. The summed E-state index contributed by atoms with van der Waals surface area (Å²) in [6, 6.07) is 8.67. The molecule has 2 aliphatic carbocycles. The summed E-state index contributed by atoms with van der Waals surface area (Å²) in [4.78, 5) is 12.4. The Bertz CT molecular complexity index is 492. The van der Waals surface area contributed by atoms with Gasteiger partial charge >= 0.3 is 0 Å². The highest BCUT2D eigenvalue weighted by Gasteiger charge is 2.56. The van der Waals surface area contributed by atoms with Gasteiger partial charge in [0.1, 0.15) is 0 Å². The molecular weight excluding hydrogens is 246 g/mol. The van der Waals surface area contributed by atoms with Gasteiger partial charge in [-0.05, 0) is 41.7 Å². The highest BCUT2D eigenvalue weighted by Crippen LogP contribution is 2.59. The zero-order valence-electron chi connectivity index (χ0n) is 12.6. The van der Waals surface area contributed by atoms with Crippen LogP contribution in [0.2, 0.25) is 0 Å². The minimum absolute atomic E-state index is 0.244. The lowest BCUT2D eigenvalue weighted by molar-refractivity contribution is -0.122. The zero-order valence-corrected chi connectivity index (χ0v) is 12.6. The van der Waals surface area contributed by atoms with E-state index < -0.39 is 0 Å². The van der Waals surface area contributed by atoms with Gasteiger partial charge in [-0.2, -0.15) is 0 Å². The second-order valence-corrected chi connectivity index (χ2v) is 6.38. The van der Waals surface area contributed by atoms with Gasteiger partial charge in [-0.15, -0.1) is 0 Å². The topological polar surface area (TPSA) is 29.1 Å². The highest BCUT2D eigenvalue weighted by molar-refractivity contribution is 5.84. The Kier molecular flexibility index (Phi) is 3.82. The van der Waals surface area contributed by atoms with Crippen LogP contribution in [0, 0.1) is 17.8 Å². The maximum atomic E-state index is 12.4. The lowest BCUT2D eigenvalue weighted by atomic mass is 9.92. The van der Waals surface area contributed by atoms with Crippen molar-refractivity contribution in [1.29, 1.82) is 0 Å². The number of carbonyl (C=O) groups is 1. The fraction of sp³-hybridized carbons (Fsp3) is 0.611. The predicted molar refractivity (Wildman–Crippen MR) is 81.6 cm³/mol. The summed E-state index contributed by atoms with van der Waals surface area (Å²) in [5.41, 5.74) is 2.90. The lowest BCUT2D eigenvalue weighted by Crippen LogP contribution is -2.30. The maximum Gasteiger partial charge on any atom is 0.224 e. The molecule has 1 amide bonds. The number of fused-ring (bicyclic) bond motifs is 3. The first-order valence-corrected chi connectivity index (χ1v) is 8.11. The van der Waals surface area contributed by atoms with Crippen molar-refractivity contribution >= 4 is 5.91 Å². The molecule has 3 unspecified atom stereocenters. The van der Waals surface area contributed by atoms with Crippen molar-refractivity contribution in [2.45, 2.75) is 45.4 Å². The van der Waals surface area contributed by atoms with E-state index in [2.05, 4.69) is 43.4 Å². The molecule has 3 rings (SSSR count). The van der Waals surface area contributed by atoms with E-state index in [0.717, 1.165) is 25.8 Å². The second kappa shape index (κ2) is 5.59. The Hall–Kier alpha value is -1.31. The zero-order chi connectivity index (χ0) is 14.1. The van der Waals surface area contributed by atoms with Crippen LogP contribution in [-0.4, -0.2) is 12.5 Å². The average Bonchev–Trinajstić information content (AvgIpc) is 3.23. The van der Waals surface area contributed by atoms with Crippen LogP contribution in [0.25, 0.3) is 0 Å². The average molecular weight is 271 g/mol. The molecule has 0 radical (unpaired) electrons. The minimum Gasteiger partial charge on any atom is -0.356 e. The van der Waals surface area contributed by atoms with E-state index in [1.165, 1.54) is 17.5 Å². The van der Waals surface area contributed by atoms with Crippen LogP contribution in [0.3, 0.4) is 0 Å². The maximum absolute atomic E-state index is 12.4. The van der Waals surface area contributed by atoms with Crippen LogP contribution < -0.4 is 5.32 Å². The molecular formula is C18H25NO. The number of hydrogen-bond donors (Lipinski definition) is 1. The van der Waals surface area contributed by atoms with Gasteiger partial charge in [0.2, 0.25) is 5.91 Å². The molecule has 20 heavy (non-hydrogen) atoms. The Morgan fingerprint density at radius 1 is 1.30 bits per heavy atom. The summed E-state index contributed by atoms with van der Waals surface area (Å²) in [6.07, 6.45) is 4.63. The molecule has 1 aromatic carbocycles. The molecule has 1 fully saturated rings. The van der Waals surface area contributed by atoms with Crippen molar-refractivity contribution < 1.29 is 4.79 Å². The fourth-order valence-corrected chi connectivity index (χ4v) is 3.86. The van der Waals surface area contributed by atoms with Gasteiger partial charge < -0.3 is 5.32 Å². The third-order valence-electron chi connectivity index (χ3n) is 5.35. The van der Waals surface area contributed by atoms with Gasteiger partial charge in [0.05, 0.1) is 0 Å². The Balaban J connectivity index is 1.62. The number of carbonyl (C=O) groups excluding carboxylic acids is 1. The van der Waals surface area contributed by atoms with Crippen LogP contribution >= 0.6 is 0 Å². The molecule has 0 spiro atoms. The minimum atomic E-state index is 0.244. The van der Waals surface area contributed by atoms with Crippen LogP contribution in [0.1, 0.15) is 50.2 Å². The molecule has 1 N–H and O–H groups in total. The normalized spacial score (nSPS) is 26.9. The van der Waals surface area contributed by atoms with E-state index >= 15 is 0 Å². The van der Waals surface area contributed by atoms with Crippen LogP contribution in [0.5, 0.6) is 0 Å². The first-order chi connectivity index (χ1) is 9.76. The SMILES string of the molecule is CCC(CC)CNC(=O)C1C2CCc3ccccc3C21. The largest absolute Gasteiger partial charge is 0.356 e. The molecule has 0 saturated heterocycles. The lowest BCUT2D eigenvalue weighted by Gasteiger charge is -2.13. The summed E-state index contributed by atoms with van der Waals surface area (Å²) in [6.45, 7) is 5.25. The van der Waals surface area contributed by atoms with Gasteiger partial charge in [-0.3, -0.25) is 4.79 Å². The molecule has 2 heteroatoms. The molecule has 1 aromatic rings. The third-order valence-corrected chi connectivity index (χ3v) is 5.35. The van der Waals surface area contributed by atoms with E-state index in [-0.39, 0.29) is 5.92 Å². The Morgan fingerprint density at radius 2 is 2.05 bits per heavy atom. The van der Waals surface area contributed by atoms with Crippen molar-refractivity contribution in [2.24, 2.45) is 17.8 Å². The third kappa shape index (κ3) is 2.36. The monoisotopic (exact) mass is 271 g/mol. The van der Waals surface area contributed by atoms with Crippen molar-refractivity contribution in [1.82, 2.24) is 5.32 Å². The summed E-state index contributed by atoms with van der Waals surface area (Å²) in [5.74, 6) is 2.27. The molecule has 1 saturated carbocycles. The number of rotatable bonds is 5. The molecule has 2 nitrogen and oxygen atoms in total. The van der Waals surface area contributed by atoms with E-state index in [1.54, 1.807) is 0 Å². The van der Waals surface area contributed by atoms with Crippen molar-refractivity contribution in [3.8, 4) is 0 Å². The molecule has 0 heterocycles. The van der Waals surface area contributed by atoms with Crippen LogP contribution in [0.4, 0.5) is 0 Å². The van der Waals surface area contributed by atoms with Gasteiger partial charge in [-0.25, -0.2) is 0 Å². The highest BCUT2D eigenvalue weighted by atomic mass is 16.2. The van der Waals surface area contributed by atoms with Crippen molar-refractivity contribution in [3.05, 3.63) is 35.4 Å². The number of benzene rings is 1. The number of aryl methyl sites for hydroxylation is 1. The molecule has 0 aliphatic heterocycles. The number of nitrogens with one attached hydrogen (secondary N) is 1. The predicted octanol–water partition coefficient (Wildman–Crippen LogP) is 3.51.